The highest BCUT2D eigenvalue weighted by atomic mass is 127. The zero-order chi connectivity index (χ0) is 22.6. The van der Waals surface area contributed by atoms with Crippen LogP contribution in [-0.4, -0.2) is 44.5 Å². The molecule has 7 nitrogen and oxygen atoms in total. The molecule has 0 fully saturated rings. The lowest BCUT2D eigenvalue weighted by Crippen LogP contribution is -2.38. The van der Waals surface area contributed by atoms with Crippen LogP contribution < -0.4 is 21.3 Å². The van der Waals surface area contributed by atoms with Crippen LogP contribution in [0.25, 0.3) is 0 Å². The van der Waals surface area contributed by atoms with E-state index in [2.05, 4.69) is 26.3 Å². The standard InChI is InChI=1S/C24H33N5O2.HI/c1-5-17(2)29-23(31)21-11-7-9-19(15-21)16-28-24(26-4)27-13-12-18-8-6-10-20(14-18)22(30)25-3;/h6-11,14-15,17H,5,12-13,16H2,1-4H3,(H,25,30)(H,29,31)(H2,26,27,28);1H. The number of nitrogens with one attached hydrogen (secondary N) is 4. The van der Waals surface area contributed by atoms with Crippen LogP contribution in [0.2, 0.25) is 0 Å². The number of halogens is 1. The summed E-state index contributed by atoms with van der Waals surface area (Å²) in [5.41, 5.74) is 3.38. The van der Waals surface area contributed by atoms with E-state index >= 15 is 0 Å². The SMILES string of the molecule is CCC(C)NC(=O)c1cccc(CNC(=NC)NCCc2cccc(C(=O)NC)c2)c1.I. The molecule has 0 aliphatic carbocycles. The van der Waals surface area contributed by atoms with Crippen molar-refractivity contribution < 1.29 is 9.59 Å². The number of hydrogen-bond acceptors (Lipinski definition) is 3. The minimum absolute atomic E-state index is 0. The van der Waals surface area contributed by atoms with E-state index < -0.39 is 0 Å². The number of amides is 2. The molecule has 32 heavy (non-hydrogen) atoms. The Morgan fingerprint density at radius 2 is 1.59 bits per heavy atom. The van der Waals surface area contributed by atoms with Gasteiger partial charge in [-0.05, 0) is 55.2 Å². The van der Waals surface area contributed by atoms with E-state index in [4.69, 9.17) is 0 Å². The van der Waals surface area contributed by atoms with Gasteiger partial charge in [0.05, 0.1) is 0 Å². The number of guanidine groups is 1. The topological polar surface area (TPSA) is 94.6 Å². The molecule has 0 saturated heterocycles. The van der Waals surface area contributed by atoms with Crippen LogP contribution in [0, 0.1) is 0 Å². The number of nitrogens with zero attached hydrogens (tertiary/aromatic N) is 1. The van der Waals surface area contributed by atoms with Crippen LogP contribution >= 0.6 is 24.0 Å². The van der Waals surface area contributed by atoms with Crippen molar-refractivity contribution in [2.24, 2.45) is 4.99 Å². The zero-order valence-corrected chi connectivity index (χ0v) is 21.5. The van der Waals surface area contributed by atoms with E-state index in [1.807, 2.05) is 56.3 Å². The summed E-state index contributed by atoms with van der Waals surface area (Å²) in [6, 6.07) is 15.3. The molecule has 0 aliphatic rings. The Hall–Kier alpha value is -2.62. The number of benzene rings is 2. The van der Waals surface area contributed by atoms with Gasteiger partial charge in [0.1, 0.15) is 0 Å². The van der Waals surface area contributed by atoms with Gasteiger partial charge in [0, 0.05) is 44.4 Å². The second kappa shape index (κ2) is 14.4. The van der Waals surface area contributed by atoms with Crippen molar-refractivity contribution in [3.05, 3.63) is 70.8 Å². The summed E-state index contributed by atoms with van der Waals surface area (Å²) in [6.45, 7) is 5.26. The molecular weight excluding hydrogens is 517 g/mol. The van der Waals surface area contributed by atoms with Gasteiger partial charge >= 0.3 is 0 Å². The van der Waals surface area contributed by atoms with Gasteiger partial charge < -0.3 is 21.3 Å². The minimum Gasteiger partial charge on any atom is -0.356 e. The third kappa shape index (κ3) is 8.86. The van der Waals surface area contributed by atoms with E-state index in [-0.39, 0.29) is 41.8 Å². The van der Waals surface area contributed by atoms with E-state index in [0.717, 1.165) is 24.0 Å². The molecule has 1 atom stereocenters. The Morgan fingerprint density at radius 1 is 0.969 bits per heavy atom. The molecule has 0 aliphatic heterocycles. The highest BCUT2D eigenvalue weighted by molar-refractivity contribution is 14.0. The summed E-state index contributed by atoms with van der Waals surface area (Å²) in [6.07, 6.45) is 1.65. The molecule has 1 unspecified atom stereocenters. The van der Waals surface area contributed by atoms with Gasteiger partial charge in [-0.3, -0.25) is 14.6 Å². The Kier molecular flexibility index (Phi) is 12.4. The second-order valence-corrected chi connectivity index (χ2v) is 7.37. The molecule has 2 amide bonds. The van der Waals surface area contributed by atoms with E-state index in [0.29, 0.717) is 30.2 Å². The molecule has 2 rings (SSSR count). The van der Waals surface area contributed by atoms with Crippen molar-refractivity contribution >= 4 is 41.8 Å². The molecule has 0 aromatic heterocycles. The van der Waals surface area contributed by atoms with E-state index in [9.17, 15) is 9.59 Å². The molecule has 8 heteroatoms. The van der Waals surface area contributed by atoms with Gasteiger partial charge in [-0.2, -0.15) is 0 Å². The van der Waals surface area contributed by atoms with Crippen molar-refractivity contribution in [1.82, 2.24) is 21.3 Å². The summed E-state index contributed by atoms with van der Waals surface area (Å²) in [5.74, 6) is 0.530. The van der Waals surface area contributed by atoms with Crippen LogP contribution in [-0.2, 0) is 13.0 Å². The first-order valence-electron chi connectivity index (χ1n) is 10.6. The second-order valence-electron chi connectivity index (χ2n) is 7.37. The lowest BCUT2D eigenvalue weighted by atomic mass is 10.1. The molecule has 2 aromatic rings. The molecule has 0 spiro atoms. The fourth-order valence-electron chi connectivity index (χ4n) is 2.98. The predicted octanol–water partition coefficient (Wildman–Crippen LogP) is 3.10. The monoisotopic (exact) mass is 551 g/mol. The summed E-state index contributed by atoms with van der Waals surface area (Å²) in [5, 5.41) is 12.2. The molecule has 0 radical (unpaired) electrons. The van der Waals surface area contributed by atoms with E-state index in [1.165, 1.54) is 0 Å². The third-order valence-electron chi connectivity index (χ3n) is 4.98. The average molecular weight is 551 g/mol. The molecule has 2 aromatic carbocycles. The Balaban J connectivity index is 0.00000512. The zero-order valence-electron chi connectivity index (χ0n) is 19.2. The van der Waals surface area contributed by atoms with Crippen molar-refractivity contribution in [2.45, 2.75) is 39.3 Å². The van der Waals surface area contributed by atoms with Crippen LogP contribution in [0.15, 0.2) is 53.5 Å². The Morgan fingerprint density at radius 3 is 2.22 bits per heavy atom. The van der Waals surface area contributed by atoms with Gasteiger partial charge in [-0.1, -0.05) is 31.2 Å². The highest BCUT2D eigenvalue weighted by Crippen LogP contribution is 2.07. The van der Waals surface area contributed by atoms with Crippen LogP contribution in [0.1, 0.15) is 52.1 Å². The minimum atomic E-state index is -0.0904. The van der Waals surface area contributed by atoms with Gasteiger partial charge in [0.2, 0.25) is 0 Å². The first kappa shape index (κ1) is 27.4. The van der Waals surface area contributed by atoms with Crippen molar-refractivity contribution in [3.63, 3.8) is 0 Å². The van der Waals surface area contributed by atoms with Gasteiger partial charge in [0.15, 0.2) is 5.96 Å². The van der Waals surface area contributed by atoms with Gasteiger partial charge in [0.25, 0.3) is 11.8 Å². The normalized spacial score (nSPS) is 11.7. The lowest BCUT2D eigenvalue weighted by molar-refractivity contribution is 0.0936. The van der Waals surface area contributed by atoms with Gasteiger partial charge in [-0.15, -0.1) is 24.0 Å². The van der Waals surface area contributed by atoms with Crippen LogP contribution in [0.3, 0.4) is 0 Å². The Bertz CT molecular complexity index is 917. The van der Waals surface area contributed by atoms with Crippen molar-refractivity contribution in [1.29, 1.82) is 0 Å². The van der Waals surface area contributed by atoms with Crippen LogP contribution in [0.4, 0.5) is 0 Å². The van der Waals surface area contributed by atoms with E-state index in [1.54, 1.807) is 20.2 Å². The summed E-state index contributed by atoms with van der Waals surface area (Å²) in [7, 11) is 3.34. The molecular formula is C24H34IN5O2. The maximum atomic E-state index is 12.3. The predicted molar refractivity (Wildman–Crippen MR) is 141 cm³/mol. The number of hydrogen-bond donors (Lipinski definition) is 4. The maximum absolute atomic E-state index is 12.3. The fourth-order valence-corrected chi connectivity index (χ4v) is 2.98. The molecule has 174 valence electrons. The summed E-state index contributed by atoms with van der Waals surface area (Å²) < 4.78 is 0. The van der Waals surface area contributed by atoms with Crippen LogP contribution in [0.5, 0.6) is 0 Å². The smallest absolute Gasteiger partial charge is 0.251 e. The van der Waals surface area contributed by atoms with Crippen molar-refractivity contribution in [3.8, 4) is 0 Å². The first-order chi connectivity index (χ1) is 15.0. The first-order valence-corrected chi connectivity index (χ1v) is 10.6. The maximum Gasteiger partial charge on any atom is 0.251 e. The largest absolute Gasteiger partial charge is 0.356 e. The lowest BCUT2D eigenvalue weighted by Gasteiger charge is -2.14. The number of carbonyl (C=O) groups is 2. The van der Waals surface area contributed by atoms with Crippen molar-refractivity contribution in [2.75, 3.05) is 20.6 Å². The quantitative estimate of drug-likeness (QED) is 0.219. The molecule has 0 bridgehead atoms. The third-order valence-corrected chi connectivity index (χ3v) is 4.98. The molecule has 0 saturated carbocycles. The average Bonchev–Trinajstić information content (AvgIpc) is 2.80. The number of rotatable bonds is 9. The summed E-state index contributed by atoms with van der Waals surface area (Å²) in [4.78, 5) is 28.3. The number of carbonyl (C=O) groups excluding carboxylic acids is 2. The number of aliphatic imine (C=N–C) groups is 1. The molecule has 0 heterocycles. The Labute approximate surface area is 207 Å². The molecule has 4 N–H and O–H groups in total. The fraction of sp³-hybridized carbons (Fsp3) is 0.375. The highest BCUT2D eigenvalue weighted by Gasteiger charge is 2.09. The van der Waals surface area contributed by atoms with Gasteiger partial charge in [-0.25, -0.2) is 0 Å². The summed E-state index contributed by atoms with van der Waals surface area (Å²) >= 11 is 0.